The van der Waals surface area contributed by atoms with E-state index in [1.807, 2.05) is 30.2 Å². The summed E-state index contributed by atoms with van der Waals surface area (Å²) >= 11 is 0. The van der Waals surface area contributed by atoms with Crippen molar-refractivity contribution in [3.63, 3.8) is 0 Å². The standard InChI is InChI=1S/C15H23N3O/c1-3-11(2)14(16)15(19)18(13-6-7-13)10-12-5-4-8-17-9-12/h4-5,8-9,11,13-14H,3,6-7,10,16H2,1-2H3/t11-,14-/m0/s1. The van der Waals surface area contributed by atoms with Gasteiger partial charge >= 0.3 is 0 Å². The van der Waals surface area contributed by atoms with Crippen LogP contribution < -0.4 is 5.73 Å². The summed E-state index contributed by atoms with van der Waals surface area (Å²) in [5.41, 5.74) is 7.15. The topological polar surface area (TPSA) is 59.2 Å². The molecule has 2 atom stereocenters. The van der Waals surface area contributed by atoms with Crippen molar-refractivity contribution in [2.45, 2.75) is 51.7 Å². The van der Waals surface area contributed by atoms with Gasteiger partial charge in [-0.1, -0.05) is 26.3 Å². The van der Waals surface area contributed by atoms with Gasteiger partial charge < -0.3 is 10.6 Å². The largest absolute Gasteiger partial charge is 0.334 e. The zero-order chi connectivity index (χ0) is 13.8. The van der Waals surface area contributed by atoms with Crippen molar-refractivity contribution in [1.82, 2.24) is 9.88 Å². The fraction of sp³-hybridized carbons (Fsp3) is 0.600. The summed E-state index contributed by atoms with van der Waals surface area (Å²) in [4.78, 5) is 18.6. The van der Waals surface area contributed by atoms with E-state index in [0.29, 0.717) is 12.6 Å². The lowest BCUT2D eigenvalue weighted by Crippen LogP contribution is -2.47. The first-order valence-corrected chi connectivity index (χ1v) is 7.08. The average molecular weight is 261 g/mol. The highest BCUT2D eigenvalue weighted by molar-refractivity contribution is 5.82. The minimum Gasteiger partial charge on any atom is -0.334 e. The molecule has 104 valence electrons. The van der Waals surface area contributed by atoms with Crippen LogP contribution >= 0.6 is 0 Å². The number of aromatic nitrogens is 1. The molecule has 0 unspecified atom stereocenters. The van der Waals surface area contributed by atoms with Crippen LogP contribution in [0.15, 0.2) is 24.5 Å². The molecule has 1 aromatic heterocycles. The van der Waals surface area contributed by atoms with Crippen LogP contribution in [0.4, 0.5) is 0 Å². The van der Waals surface area contributed by atoms with Crippen LogP contribution in [0.25, 0.3) is 0 Å². The summed E-state index contributed by atoms with van der Waals surface area (Å²) in [6.07, 6.45) is 6.69. The number of hydrogen-bond donors (Lipinski definition) is 1. The molecule has 1 aliphatic rings. The number of rotatable bonds is 6. The van der Waals surface area contributed by atoms with Crippen LogP contribution in [0.3, 0.4) is 0 Å². The van der Waals surface area contributed by atoms with Gasteiger partial charge in [0.2, 0.25) is 5.91 Å². The minimum absolute atomic E-state index is 0.0840. The Hall–Kier alpha value is -1.42. The van der Waals surface area contributed by atoms with Gasteiger partial charge in [-0.05, 0) is 30.4 Å². The number of hydrogen-bond acceptors (Lipinski definition) is 3. The van der Waals surface area contributed by atoms with Gasteiger partial charge in [0.05, 0.1) is 6.04 Å². The van der Waals surface area contributed by atoms with E-state index in [4.69, 9.17) is 5.73 Å². The van der Waals surface area contributed by atoms with Crippen LogP contribution in [0.5, 0.6) is 0 Å². The molecule has 19 heavy (non-hydrogen) atoms. The highest BCUT2D eigenvalue weighted by atomic mass is 16.2. The summed E-state index contributed by atoms with van der Waals surface area (Å²) < 4.78 is 0. The Balaban J connectivity index is 2.06. The van der Waals surface area contributed by atoms with E-state index < -0.39 is 0 Å². The maximum absolute atomic E-state index is 12.5. The molecule has 0 radical (unpaired) electrons. The summed E-state index contributed by atoms with van der Waals surface area (Å²) in [6, 6.07) is 3.90. The van der Waals surface area contributed by atoms with E-state index >= 15 is 0 Å². The van der Waals surface area contributed by atoms with Crippen LogP contribution in [0.2, 0.25) is 0 Å². The molecule has 0 spiro atoms. The molecule has 1 saturated carbocycles. The van der Waals surface area contributed by atoms with E-state index in [-0.39, 0.29) is 17.9 Å². The SMILES string of the molecule is CC[C@H](C)[C@H](N)C(=O)N(Cc1cccnc1)C1CC1. The quantitative estimate of drug-likeness (QED) is 0.851. The first-order chi connectivity index (χ1) is 9.13. The van der Waals surface area contributed by atoms with E-state index in [1.54, 1.807) is 6.20 Å². The third kappa shape index (κ3) is 3.53. The zero-order valence-electron chi connectivity index (χ0n) is 11.7. The van der Waals surface area contributed by atoms with Gasteiger partial charge in [-0.3, -0.25) is 9.78 Å². The monoisotopic (exact) mass is 261 g/mol. The van der Waals surface area contributed by atoms with Crippen LogP contribution in [0, 0.1) is 5.92 Å². The van der Waals surface area contributed by atoms with Crippen molar-refractivity contribution in [2.75, 3.05) is 0 Å². The lowest BCUT2D eigenvalue weighted by molar-refractivity contribution is -0.135. The van der Waals surface area contributed by atoms with Crippen molar-refractivity contribution in [1.29, 1.82) is 0 Å². The van der Waals surface area contributed by atoms with E-state index in [1.165, 1.54) is 0 Å². The van der Waals surface area contributed by atoms with Gasteiger partial charge in [-0.25, -0.2) is 0 Å². The Bertz CT molecular complexity index is 417. The molecule has 1 heterocycles. The number of nitrogens with zero attached hydrogens (tertiary/aromatic N) is 2. The molecule has 0 bridgehead atoms. The third-order valence-electron chi connectivity index (χ3n) is 3.89. The van der Waals surface area contributed by atoms with Crippen LogP contribution in [-0.4, -0.2) is 27.9 Å². The van der Waals surface area contributed by atoms with Gasteiger partial charge in [0, 0.05) is 25.0 Å². The normalized spacial score (nSPS) is 17.8. The van der Waals surface area contributed by atoms with Crippen molar-refractivity contribution in [2.24, 2.45) is 11.7 Å². The van der Waals surface area contributed by atoms with Crippen LogP contribution in [-0.2, 0) is 11.3 Å². The number of nitrogens with two attached hydrogens (primary N) is 1. The number of carbonyl (C=O) groups excluding carboxylic acids is 1. The lowest BCUT2D eigenvalue weighted by atomic mass is 9.98. The summed E-state index contributed by atoms with van der Waals surface area (Å²) in [7, 11) is 0. The first kappa shape index (κ1) is 14.0. The number of amides is 1. The van der Waals surface area contributed by atoms with Gasteiger partial charge in [-0.15, -0.1) is 0 Å². The minimum atomic E-state index is -0.387. The highest BCUT2D eigenvalue weighted by Gasteiger charge is 2.35. The fourth-order valence-electron chi connectivity index (χ4n) is 2.15. The molecule has 2 N–H and O–H groups in total. The second-order valence-corrected chi connectivity index (χ2v) is 5.47. The van der Waals surface area contributed by atoms with Gasteiger partial charge in [0.25, 0.3) is 0 Å². The van der Waals surface area contributed by atoms with E-state index in [0.717, 1.165) is 24.8 Å². The van der Waals surface area contributed by atoms with Gasteiger partial charge in [0.15, 0.2) is 0 Å². The number of pyridine rings is 1. The molecule has 0 aromatic carbocycles. The highest BCUT2D eigenvalue weighted by Crippen LogP contribution is 2.29. The average Bonchev–Trinajstić information content (AvgIpc) is 3.28. The second kappa shape index (κ2) is 6.15. The number of carbonyl (C=O) groups is 1. The van der Waals surface area contributed by atoms with E-state index in [2.05, 4.69) is 11.9 Å². The Morgan fingerprint density at radius 1 is 1.58 bits per heavy atom. The van der Waals surface area contributed by atoms with Crippen LogP contribution in [0.1, 0.15) is 38.7 Å². The van der Waals surface area contributed by atoms with Gasteiger partial charge in [0.1, 0.15) is 0 Å². The Morgan fingerprint density at radius 2 is 2.32 bits per heavy atom. The molecule has 1 aliphatic carbocycles. The Morgan fingerprint density at radius 3 is 2.84 bits per heavy atom. The van der Waals surface area contributed by atoms with Crippen molar-refractivity contribution >= 4 is 5.91 Å². The maximum atomic E-state index is 12.5. The first-order valence-electron chi connectivity index (χ1n) is 7.08. The summed E-state index contributed by atoms with van der Waals surface area (Å²) in [5.74, 6) is 0.309. The predicted molar refractivity (Wildman–Crippen MR) is 75.2 cm³/mol. The van der Waals surface area contributed by atoms with Crippen molar-refractivity contribution < 1.29 is 4.79 Å². The second-order valence-electron chi connectivity index (χ2n) is 5.47. The van der Waals surface area contributed by atoms with E-state index in [9.17, 15) is 4.79 Å². The Kier molecular flexibility index (Phi) is 4.53. The molecule has 4 heteroatoms. The molecular weight excluding hydrogens is 238 g/mol. The Labute approximate surface area is 115 Å². The summed E-state index contributed by atoms with van der Waals surface area (Å²) in [5, 5.41) is 0. The van der Waals surface area contributed by atoms with Crippen molar-refractivity contribution in [3.05, 3.63) is 30.1 Å². The molecule has 4 nitrogen and oxygen atoms in total. The predicted octanol–water partition coefficient (Wildman–Crippen LogP) is 1.95. The van der Waals surface area contributed by atoms with Crippen molar-refractivity contribution in [3.8, 4) is 0 Å². The molecular formula is C15H23N3O. The molecule has 1 aromatic rings. The molecule has 1 fully saturated rings. The lowest BCUT2D eigenvalue weighted by Gasteiger charge is -2.28. The third-order valence-corrected chi connectivity index (χ3v) is 3.89. The fourth-order valence-corrected chi connectivity index (χ4v) is 2.15. The molecule has 1 amide bonds. The zero-order valence-corrected chi connectivity index (χ0v) is 11.7. The molecule has 0 aliphatic heterocycles. The van der Waals surface area contributed by atoms with Gasteiger partial charge in [-0.2, -0.15) is 0 Å². The smallest absolute Gasteiger partial charge is 0.240 e. The molecule has 0 saturated heterocycles. The summed E-state index contributed by atoms with van der Waals surface area (Å²) in [6.45, 7) is 4.74. The maximum Gasteiger partial charge on any atom is 0.240 e. The molecule has 2 rings (SSSR count).